The number of esters is 1. The summed E-state index contributed by atoms with van der Waals surface area (Å²) in [6.07, 6.45) is 2.90. The van der Waals surface area contributed by atoms with E-state index in [1.807, 2.05) is 26.0 Å². The predicted molar refractivity (Wildman–Crippen MR) is 96.9 cm³/mol. The van der Waals surface area contributed by atoms with Crippen LogP contribution < -0.4 is 10.6 Å². The van der Waals surface area contributed by atoms with E-state index in [2.05, 4.69) is 10.6 Å². The number of urea groups is 1. The van der Waals surface area contributed by atoms with Crippen LogP contribution in [-0.4, -0.2) is 47.4 Å². The summed E-state index contributed by atoms with van der Waals surface area (Å²) in [6.45, 7) is 2.83. The second-order valence-corrected chi connectivity index (χ2v) is 7.14. The van der Waals surface area contributed by atoms with E-state index in [4.69, 9.17) is 4.74 Å². The Morgan fingerprint density at radius 2 is 1.93 bits per heavy atom. The van der Waals surface area contributed by atoms with E-state index in [0.29, 0.717) is 18.5 Å². The minimum atomic E-state index is -0.863. The van der Waals surface area contributed by atoms with Gasteiger partial charge in [-0.25, -0.2) is 4.79 Å². The number of benzene rings is 1. The lowest BCUT2D eigenvalue weighted by Gasteiger charge is -2.19. The summed E-state index contributed by atoms with van der Waals surface area (Å²) < 4.78 is 4.92. The number of hydrogen-bond donors (Lipinski definition) is 2. The van der Waals surface area contributed by atoms with Gasteiger partial charge in [-0.3, -0.25) is 19.3 Å². The lowest BCUT2D eigenvalue weighted by atomic mass is 9.98. The van der Waals surface area contributed by atoms with Crippen molar-refractivity contribution < 1.29 is 23.9 Å². The molecule has 1 aliphatic carbocycles. The maximum atomic E-state index is 12.5. The molecule has 1 aliphatic heterocycles. The zero-order valence-electron chi connectivity index (χ0n) is 15.5. The summed E-state index contributed by atoms with van der Waals surface area (Å²) >= 11 is 0. The average Bonchev–Trinajstić information content (AvgIpc) is 3.17. The van der Waals surface area contributed by atoms with Crippen molar-refractivity contribution in [2.24, 2.45) is 0 Å². The summed E-state index contributed by atoms with van der Waals surface area (Å²) in [7, 11) is 0. The van der Waals surface area contributed by atoms with Gasteiger partial charge in [-0.05, 0) is 38.3 Å². The maximum absolute atomic E-state index is 12.5. The van der Waals surface area contributed by atoms with E-state index >= 15 is 0 Å². The van der Waals surface area contributed by atoms with E-state index in [-0.39, 0.29) is 5.91 Å². The molecule has 8 nitrogen and oxygen atoms in total. The molecule has 0 unspecified atom stereocenters. The Morgan fingerprint density at radius 3 is 2.59 bits per heavy atom. The van der Waals surface area contributed by atoms with Crippen molar-refractivity contribution in [3.05, 3.63) is 29.3 Å². The van der Waals surface area contributed by atoms with Gasteiger partial charge >= 0.3 is 12.0 Å². The number of amides is 4. The molecule has 1 aromatic rings. The quantitative estimate of drug-likeness (QED) is 0.603. The standard InChI is InChI=1S/C19H23N3O5/c1-12-5-6-14(13(2)9-12)20-15(23)11-27-16(24)10-22-17(25)19(21-18(22)26)7-3-4-8-19/h5-6,9H,3-4,7-8,10-11H2,1-2H3,(H,20,23)(H,21,26). The van der Waals surface area contributed by atoms with Gasteiger partial charge in [-0.2, -0.15) is 0 Å². The van der Waals surface area contributed by atoms with Crippen LogP contribution in [0.25, 0.3) is 0 Å². The van der Waals surface area contributed by atoms with Crippen molar-refractivity contribution >= 4 is 29.5 Å². The van der Waals surface area contributed by atoms with Crippen LogP contribution in [0, 0.1) is 13.8 Å². The van der Waals surface area contributed by atoms with Crippen LogP contribution in [0.15, 0.2) is 18.2 Å². The van der Waals surface area contributed by atoms with Crippen LogP contribution in [0.2, 0.25) is 0 Å². The molecule has 144 valence electrons. The lowest BCUT2D eigenvalue weighted by molar-refractivity contribution is -0.150. The highest BCUT2D eigenvalue weighted by Crippen LogP contribution is 2.34. The molecule has 2 N–H and O–H groups in total. The van der Waals surface area contributed by atoms with Gasteiger partial charge in [0.05, 0.1) is 0 Å². The largest absolute Gasteiger partial charge is 0.454 e. The van der Waals surface area contributed by atoms with Crippen LogP contribution in [0.1, 0.15) is 36.8 Å². The molecule has 1 saturated carbocycles. The van der Waals surface area contributed by atoms with Crippen molar-refractivity contribution in [1.29, 1.82) is 0 Å². The summed E-state index contributed by atoms with van der Waals surface area (Å²) in [5.74, 6) is -1.68. The molecule has 0 bridgehead atoms. The van der Waals surface area contributed by atoms with Gasteiger partial charge in [0.15, 0.2) is 6.61 Å². The number of nitrogens with one attached hydrogen (secondary N) is 2. The molecule has 2 fully saturated rings. The molecule has 4 amide bonds. The zero-order valence-corrected chi connectivity index (χ0v) is 15.5. The first-order chi connectivity index (χ1) is 12.8. The smallest absolute Gasteiger partial charge is 0.326 e. The van der Waals surface area contributed by atoms with Crippen LogP contribution in [0.3, 0.4) is 0 Å². The van der Waals surface area contributed by atoms with Crippen LogP contribution in [0.4, 0.5) is 10.5 Å². The highest BCUT2D eigenvalue weighted by molar-refractivity contribution is 6.09. The number of aryl methyl sites for hydroxylation is 2. The Morgan fingerprint density at radius 1 is 1.22 bits per heavy atom. The fourth-order valence-electron chi connectivity index (χ4n) is 3.60. The second kappa shape index (κ2) is 7.38. The van der Waals surface area contributed by atoms with Crippen LogP contribution >= 0.6 is 0 Å². The van der Waals surface area contributed by atoms with Gasteiger partial charge in [-0.1, -0.05) is 30.5 Å². The van der Waals surface area contributed by atoms with Crippen molar-refractivity contribution in [1.82, 2.24) is 10.2 Å². The summed E-state index contributed by atoms with van der Waals surface area (Å²) in [6, 6.07) is 4.99. The van der Waals surface area contributed by atoms with Gasteiger partial charge in [0.1, 0.15) is 12.1 Å². The number of carbonyl (C=O) groups excluding carboxylic acids is 4. The average molecular weight is 373 g/mol. The minimum Gasteiger partial charge on any atom is -0.454 e. The third-order valence-electron chi connectivity index (χ3n) is 5.01. The number of nitrogens with zero attached hydrogens (tertiary/aromatic N) is 1. The Kier molecular flexibility index (Phi) is 5.16. The molecule has 3 rings (SSSR count). The Labute approximate surface area is 157 Å². The third kappa shape index (κ3) is 3.94. The molecule has 0 radical (unpaired) electrons. The maximum Gasteiger partial charge on any atom is 0.326 e. The minimum absolute atomic E-state index is 0.387. The Hall–Kier alpha value is -2.90. The number of ether oxygens (including phenoxy) is 1. The van der Waals surface area contributed by atoms with Crippen molar-refractivity contribution in [3.63, 3.8) is 0 Å². The summed E-state index contributed by atoms with van der Waals surface area (Å²) in [4.78, 5) is 49.3. The number of carbonyl (C=O) groups is 4. The number of anilines is 1. The van der Waals surface area contributed by atoms with Crippen molar-refractivity contribution in [3.8, 4) is 0 Å². The molecule has 0 atom stereocenters. The van der Waals surface area contributed by atoms with Crippen molar-refractivity contribution in [2.45, 2.75) is 45.1 Å². The first-order valence-electron chi connectivity index (χ1n) is 8.97. The van der Waals surface area contributed by atoms with Gasteiger partial charge < -0.3 is 15.4 Å². The fourth-order valence-corrected chi connectivity index (χ4v) is 3.60. The van der Waals surface area contributed by atoms with E-state index in [1.54, 1.807) is 6.07 Å². The van der Waals surface area contributed by atoms with E-state index in [1.165, 1.54) is 0 Å². The van der Waals surface area contributed by atoms with Gasteiger partial charge in [0.2, 0.25) is 0 Å². The fraction of sp³-hybridized carbons (Fsp3) is 0.474. The van der Waals surface area contributed by atoms with Gasteiger partial charge in [0.25, 0.3) is 11.8 Å². The molecule has 1 spiro atoms. The predicted octanol–water partition coefficient (Wildman–Crippen LogP) is 1.65. The highest BCUT2D eigenvalue weighted by atomic mass is 16.5. The number of imide groups is 1. The first kappa shape index (κ1) is 18.9. The molecular formula is C19H23N3O5. The lowest BCUT2D eigenvalue weighted by Crippen LogP contribution is -2.44. The topological polar surface area (TPSA) is 105 Å². The number of hydrogen-bond acceptors (Lipinski definition) is 5. The molecule has 8 heteroatoms. The molecule has 0 aromatic heterocycles. The van der Waals surface area contributed by atoms with E-state index < -0.39 is 36.6 Å². The van der Waals surface area contributed by atoms with E-state index in [0.717, 1.165) is 28.9 Å². The van der Waals surface area contributed by atoms with Gasteiger partial charge in [0, 0.05) is 5.69 Å². The highest BCUT2D eigenvalue weighted by Gasteiger charge is 2.52. The summed E-state index contributed by atoms with van der Waals surface area (Å²) in [5.41, 5.74) is 1.75. The zero-order chi connectivity index (χ0) is 19.6. The number of rotatable bonds is 5. The van der Waals surface area contributed by atoms with E-state index in [9.17, 15) is 19.2 Å². The Balaban J connectivity index is 1.50. The summed E-state index contributed by atoms with van der Waals surface area (Å²) in [5, 5.41) is 5.36. The molecule has 1 heterocycles. The van der Waals surface area contributed by atoms with Crippen LogP contribution in [0.5, 0.6) is 0 Å². The second-order valence-electron chi connectivity index (χ2n) is 7.14. The molecule has 27 heavy (non-hydrogen) atoms. The Bertz CT molecular complexity index is 799. The van der Waals surface area contributed by atoms with Crippen LogP contribution in [-0.2, 0) is 19.1 Å². The van der Waals surface area contributed by atoms with Gasteiger partial charge in [-0.15, -0.1) is 0 Å². The molecule has 2 aliphatic rings. The van der Waals surface area contributed by atoms with Crippen molar-refractivity contribution in [2.75, 3.05) is 18.5 Å². The molecule has 1 aromatic carbocycles. The normalized spacial score (nSPS) is 17.9. The SMILES string of the molecule is Cc1ccc(NC(=O)COC(=O)CN2C(=O)NC3(CCCC3)C2=O)c(C)c1. The first-order valence-corrected chi connectivity index (χ1v) is 8.97. The molecule has 1 saturated heterocycles. The molecular weight excluding hydrogens is 350 g/mol. The third-order valence-corrected chi connectivity index (χ3v) is 5.01. The monoisotopic (exact) mass is 373 g/mol.